The maximum absolute atomic E-state index is 13.4. The lowest BCUT2D eigenvalue weighted by molar-refractivity contribution is 0.199. The van der Waals surface area contributed by atoms with Crippen LogP contribution < -0.4 is 19.1 Å². The third-order valence-electron chi connectivity index (χ3n) is 6.13. The van der Waals surface area contributed by atoms with Crippen molar-refractivity contribution in [2.45, 2.75) is 26.8 Å². The minimum Gasteiger partial charge on any atom is -0.493 e. The van der Waals surface area contributed by atoms with E-state index in [1.54, 1.807) is 57.7 Å². The van der Waals surface area contributed by atoms with E-state index in [9.17, 15) is 14.3 Å². The maximum Gasteiger partial charge on any atom is 0.412 e. The van der Waals surface area contributed by atoms with Gasteiger partial charge in [0.15, 0.2) is 11.5 Å². The highest BCUT2D eigenvalue weighted by Gasteiger charge is 2.25. The molecule has 8 heteroatoms. The molecular formula is C28H27FN2O5. The molecule has 0 spiro atoms. The van der Waals surface area contributed by atoms with Crippen molar-refractivity contribution in [1.82, 2.24) is 4.98 Å². The summed E-state index contributed by atoms with van der Waals surface area (Å²) in [5, 5.41) is 10.8. The standard InChI is InChI=1S/C28H27FN2O5/c1-16-13-25(36-24-10-11-30-22-15-27(35-5)26(34-4)14-21(22)24)17(2)12-23(16)31(28(32)33)18(3)19-6-8-20(29)9-7-19/h6-15,18H,1-5H3,(H,32,33). The molecule has 4 rings (SSSR count). The van der Waals surface area contributed by atoms with Crippen LogP contribution in [0.15, 0.2) is 60.8 Å². The predicted molar refractivity (Wildman–Crippen MR) is 136 cm³/mol. The van der Waals surface area contributed by atoms with Crippen molar-refractivity contribution in [3.63, 3.8) is 0 Å². The van der Waals surface area contributed by atoms with Crippen molar-refractivity contribution in [3.8, 4) is 23.0 Å². The van der Waals surface area contributed by atoms with Crippen LogP contribution in [0.5, 0.6) is 23.0 Å². The van der Waals surface area contributed by atoms with Crippen molar-refractivity contribution in [2.24, 2.45) is 0 Å². The highest BCUT2D eigenvalue weighted by Crippen LogP contribution is 2.39. The van der Waals surface area contributed by atoms with Gasteiger partial charge in [-0.05, 0) is 73.9 Å². The van der Waals surface area contributed by atoms with E-state index in [0.29, 0.717) is 45.3 Å². The number of methoxy groups -OCH3 is 2. The molecule has 0 radical (unpaired) electrons. The first-order valence-corrected chi connectivity index (χ1v) is 11.3. The van der Waals surface area contributed by atoms with Crippen LogP contribution in [0, 0.1) is 19.7 Å². The van der Waals surface area contributed by atoms with E-state index in [1.807, 2.05) is 26.0 Å². The molecule has 0 fully saturated rings. The van der Waals surface area contributed by atoms with Gasteiger partial charge in [-0.15, -0.1) is 0 Å². The van der Waals surface area contributed by atoms with Crippen LogP contribution >= 0.6 is 0 Å². The maximum atomic E-state index is 13.4. The highest BCUT2D eigenvalue weighted by molar-refractivity contribution is 5.90. The number of carbonyl (C=O) groups is 1. The van der Waals surface area contributed by atoms with Gasteiger partial charge in [0.05, 0.1) is 31.5 Å². The normalized spacial score (nSPS) is 11.7. The number of carboxylic acid groups (broad SMARTS) is 1. The summed E-state index contributed by atoms with van der Waals surface area (Å²) in [7, 11) is 3.13. The average Bonchev–Trinajstić information content (AvgIpc) is 2.86. The van der Waals surface area contributed by atoms with Crippen molar-refractivity contribution >= 4 is 22.7 Å². The number of aromatic nitrogens is 1. The average molecular weight is 491 g/mol. The van der Waals surface area contributed by atoms with Gasteiger partial charge in [-0.1, -0.05) is 12.1 Å². The topological polar surface area (TPSA) is 81.1 Å². The molecule has 4 aromatic rings. The van der Waals surface area contributed by atoms with Crippen molar-refractivity contribution in [2.75, 3.05) is 19.1 Å². The molecule has 0 aliphatic heterocycles. The third kappa shape index (κ3) is 4.75. The highest BCUT2D eigenvalue weighted by atomic mass is 19.1. The molecular weight excluding hydrogens is 463 g/mol. The first-order chi connectivity index (χ1) is 17.2. The second kappa shape index (κ2) is 10.1. The zero-order valence-electron chi connectivity index (χ0n) is 20.7. The number of hydrogen-bond acceptors (Lipinski definition) is 5. The number of anilines is 1. The van der Waals surface area contributed by atoms with Crippen LogP contribution in [0.4, 0.5) is 14.9 Å². The zero-order valence-corrected chi connectivity index (χ0v) is 20.7. The Labute approximate surface area is 208 Å². The summed E-state index contributed by atoms with van der Waals surface area (Å²) in [5.41, 5.74) is 3.35. The lowest BCUT2D eigenvalue weighted by Crippen LogP contribution is -2.32. The largest absolute Gasteiger partial charge is 0.493 e. The quantitative estimate of drug-likeness (QED) is 0.299. The summed E-state index contributed by atoms with van der Waals surface area (Å²) in [6.45, 7) is 5.45. The van der Waals surface area contributed by atoms with Crippen molar-refractivity contribution in [3.05, 3.63) is 83.3 Å². The lowest BCUT2D eigenvalue weighted by atomic mass is 10.0. The van der Waals surface area contributed by atoms with Crippen LogP contribution in [0.2, 0.25) is 0 Å². The number of hydrogen-bond donors (Lipinski definition) is 1. The summed E-state index contributed by atoms with van der Waals surface area (Å²) >= 11 is 0. The third-order valence-corrected chi connectivity index (χ3v) is 6.13. The monoisotopic (exact) mass is 490 g/mol. The predicted octanol–water partition coefficient (Wildman–Crippen LogP) is 7.05. The van der Waals surface area contributed by atoms with E-state index in [0.717, 1.165) is 10.9 Å². The lowest BCUT2D eigenvalue weighted by Gasteiger charge is -2.29. The second-order valence-electron chi connectivity index (χ2n) is 8.42. The molecule has 1 N–H and O–H groups in total. The van der Waals surface area contributed by atoms with E-state index < -0.39 is 12.1 Å². The fourth-order valence-corrected chi connectivity index (χ4v) is 4.17. The summed E-state index contributed by atoms with van der Waals surface area (Å²) in [6.07, 6.45) is 0.542. The fraction of sp³-hybridized carbons (Fsp3) is 0.214. The van der Waals surface area contributed by atoms with Gasteiger partial charge in [0.25, 0.3) is 0 Å². The number of benzene rings is 3. The summed E-state index contributed by atoms with van der Waals surface area (Å²) in [4.78, 5) is 18.0. The Morgan fingerprint density at radius 3 is 2.22 bits per heavy atom. The number of amides is 1. The Hall–Kier alpha value is -4.33. The number of nitrogens with zero attached hydrogens (tertiary/aromatic N) is 2. The van der Waals surface area contributed by atoms with Crippen LogP contribution in [-0.4, -0.2) is 30.4 Å². The zero-order chi connectivity index (χ0) is 26.0. The second-order valence-corrected chi connectivity index (χ2v) is 8.42. The molecule has 0 aliphatic rings. The molecule has 0 bridgehead atoms. The summed E-state index contributed by atoms with van der Waals surface area (Å²) in [5.74, 6) is 1.90. The fourth-order valence-electron chi connectivity index (χ4n) is 4.17. The molecule has 0 saturated carbocycles. The van der Waals surface area contributed by atoms with Crippen molar-refractivity contribution < 1.29 is 28.5 Å². The summed E-state index contributed by atoms with van der Waals surface area (Å²) in [6, 6.07) is 14.2. The van der Waals surface area contributed by atoms with Crippen LogP contribution in [0.1, 0.15) is 29.7 Å². The number of pyridine rings is 1. The molecule has 0 aliphatic carbocycles. The van der Waals surface area contributed by atoms with Gasteiger partial charge in [-0.3, -0.25) is 9.88 Å². The molecule has 186 valence electrons. The molecule has 1 unspecified atom stereocenters. The van der Waals surface area contributed by atoms with E-state index in [2.05, 4.69) is 4.98 Å². The molecule has 3 aromatic carbocycles. The Morgan fingerprint density at radius 1 is 0.917 bits per heavy atom. The number of ether oxygens (including phenoxy) is 3. The van der Waals surface area contributed by atoms with E-state index in [-0.39, 0.29) is 5.82 Å². The SMILES string of the molecule is COc1cc2nccc(Oc3cc(C)c(N(C(=O)O)C(C)c4ccc(F)cc4)cc3C)c2cc1OC. The van der Waals surface area contributed by atoms with Gasteiger partial charge in [0.2, 0.25) is 0 Å². The molecule has 1 heterocycles. The molecule has 1 atom stereocenters. The molecule has 7 nitrogen and oxygen atoms in total. The van der Waals surface area contributed by atoms with Gasteiger partial charge in [-0.2, -0.15) is 0 Å². The number of fused-ring (bicyclic) bond motifs is 1. The minimum absolute atomic E-state index is 0.374. The van der Waals surface area contributed by atoms with E-state index >= 15 is 0 Å². The Balaban J connectivity index is 1.72. The summed E-state index contributed by atoms with van der Waals surface area (Å²) < 4.78 is 30.5. The number of aryl methyl sites for hydroxylation is 2. The van der Waals surface area contributed by atoms with Gasteiger partial charge >= 0.3 is 6.09 Å². The van der Waals surface area contributed by atoms with Gasteiger partial charge in [0.1, 0.15) is 17.3 Å². The number of halogens is 1. The minimum atomic E-state index is -1.11. The van der Waals surface area contributed by atoms with E-state index in [1.165, 1.54) is 17.0 Å². The first kappa shape index (κ1) is 24.8. The van der Waals surface area contributed by atoms with Gasteiger partial charge < -0.3 is 19.3 Å². The van der Waals surface area contributed by atoms with Crippen LogP contribution in [-0.2, 0) is 0 Å². The molecule has 1 aromatic heterocycles. The smallest absolute Gasteiger partial charge is 0.412 e. The molecule has 0 saturated heterocycles. The van der Waals surface area contributed by atoms with E-state index in [4.69, 9.17) is 14.2 Å². The first-order valence-electron chi connectivity index (χ1n) is 11.3. The Morgan fingerprint density at radius 2 is 1.58 bits per heavy atom. The Bertz CT molecular complexity index is 1420. The molecule has 36 heavy (non-hydrogen) atoms. The van der Waals surface area contributed by atoms with Gasteiger partial charge in [0, 0.05) is 17.6 Å². The molecule has 1 amide bonds. The van der Waals surface area contributed by atoms with Crippen molar-refractivity contribution in [1.29, 1.82) is 0 Å². The van der Waals surface area contributed by atoms with Crippen LogP contribution in [0.25, 0.3) is 10.9 Å². The van der Waals surface area contributed by atoms with Gasteiger partial charge in [-0.25, -0.2) is 9.18 Å². The van der Waals surface area contributed by atoms with Crippen LogP contribution in [0.3, 0.4) is 0 Å². The Kier molecular flexibility index (Phi) is 6.96. The number of rotatable bonds is 7.